The van der Waals surface area contributed by atoms with Gasteiger partial charge in [-0.3, -0.25) is 4.68 Å². The van der Waals surface area contributed by atoms with Crippen LogP contribution in [0.2, 0.25) is 0 Å². The minimum atomic E-state index is -0.547. The molecule has 1 heterocycles. The van der Waals surface area contributed by atoms with Gasteiger partial charge in [0.1, 0.15) is 0 Å². The number of aliphatic hydroxyl groups excluding tert-OH is 2. The van der Waals surface area contributed by atoms with Gasteiger partial charge in [0.05, 0.1) is 18.8 Å². The van der Waals surface area contributed by atoms with Gasteiger partial charge in [-0.2, -0.15) is 5.10 Å². The Hall–Kier alpha value is -1.85. The van der Waals surface area contributed by atoms with Gasteiger partial charge < -0.3 is 15.1 Å². The number of para-hydroxylation sites is 1. The van der Waals surface area contributed by atoms with Crippen molar-refractivity contribution < 1.29 is 10.2 Å². The summed E-state index contributed by atoms with van der Waals surface area (Å²) in [5, 5.41) is 23.9. The summed E-state index contributed by atoms with van der Waals surface area (Å²) in [5.74, 6) is 0. The van der Waals surface area contributed by atoms with E-state index in [2.05, 4.69) is 5.10 Å². The number of nitrogens with zero attached hydrogens (tertiary/aromatic N) is 3. The number of aliphatic hydroxyl groups is 2. The number of benzene rings is 1. The molecule has 2 aromatic rings. The number of aromatic nitrogens is 2. The highest BCUT2D eigenvalue weighted by atomic mass is 16.3. The van der Waals surface area contributed by atoms with Crippen LogP contribution in [-0.4, -0.2) is 45.3 Å². The summed E-state index contributed by atoms with van der Waals surface area (Å²) in [7, 11) is 0. The van der Waals surface area contributed by atoms with E-state index in [1.807, 2.05) is 47.5 Å². The van der Waals surface area contributed by atoms with Gasteiger partial charge in [0.15, 0.2) is 0 Å². The van der Waals surface area contributed by atoms with E-state index in [1.165, 1.54) is 0 Å². The first kappa shape index (κ1) is 14.6. The molecule has 0 spiro atoms. The Morgan fingerprint density at radius 3 is 2.50 bits per heavy atom. The van der Waals surface area contributed by atoms with Crippen LogP contribution in [0.3, 0.4) is 0 Å². The molecule has 20 heavy (non-hydrogen) atoms. The molecule has 2 atom stereocenters. The highest BCUT2D eigenvalue weighted by molar-refractivity contribution is 5.46. The largest absolute Gasteiger partial charge is 0.392 e. The van der Waals surface area contributed by atoms with E-state index in [1.54, 1.807) is 17.8 Å². The van der Waals surface area contributed by atoms with Crippen LogP contribution in [-0.2, 0) is 6.54 Å². The van der Waals surface area contributed by atoms with E-state index in [-0.39, 0.29) is 0 Å². The maximum absolute atomic E-state index is 10.2. The molecule has 0 fully saturated rings. The van der Waals surface area contributed by atoms with Crippen molar-refractivity contribution in [2.45, 2.75) is 25.7 Å². The first-order valence-corrected chi connectivity index (χ1v) is 6.78. The average Bonchev–Trinajstić information content (AvgIpc) is 2.91. The predicted octanol–water partition coefficient (Wildman–Crippen LogP) is 1.13. The number of hydrogen-bond acceptors (Lipinski definition) is 4. The lowest BCUT2D eigenvalue weighted by Gasteiger charge is -2.28. The molecule has 0 unspecified atom stereocenters. The Morgan fingerprint density at radius 2 is 1.90 bits per heavy atom. The van der Waals surface area contributed by atoms with Crippen LogP contribution in [0.4, 0.5) is 5.69 Å². The first-order chi connectivity index (χ1) is 9.65. The second-order valence-electron chi connectivity index (χ2n) is 4.97. The van der Waals surface area contributed by atoms with Crippen molar-refractivity contribution in [2.24, 2.45) is 0 Å². The van der Waals surface area contributed by atoms with Crippen LogP contribution >= 0.6 is 0 Å². The maximum Gasteiger partial charge on any atom is 0.0910 e. The van der Waals surface area contributed by atoms with E-state index in [0.29, 0.717) is 19.6 Å². The summed E-state index contributed by atoms with van der Waals surface area (Å²) in [6, 6.07) is 11.6. The molecule has 2 N–H and O–H groups in total. The molecule has 0 saturated heterocycles. The van der Waals surface area contributed by atoms with Gasteiger partial charge in [0, 0.05) is 31.2 Å². The van der Waals surface area contributed by atoms with Crippen LogP contribution in [0.15, 0.2) is 48.8 Å². The third-order valence-electron chi connectivity index (χ3n) is 2.99. The molecule has 0 aliphatic rings. The second-order valence-corrected chi connectivity index (χ2v) is 4.97. The van der Waals surface area contributed by atoms with Crippen LogP contribution in [0.5, 0.6) is 0 Å². The highest BCUT2D eigenvalue weighted by Gasteiger charge is 2.14. The number of rotatable bonds is 7. The third kappa shape index (κ3) is 4.36. The summed E-state index contributed by atoms with van der Waals surface area (Å²) >= 11 is 0. The van der Waals surface area contributed by atoms with Crippen LogP contribution in [0, 0.1) is 0 Å². The molecule has 0 amide bonds. The smallest absolute Gasteiger partial charge is 0.0910 e. The van der Waals surface area contributed by atoms with Crippen molar-refractivity contribution in [1.29, 1.82) is 0 Å². The predicted molar refractivity (Wildman–Crippen MR) is 78.6 cm³/mol. The van der Waals surface area contributed by atoms with Crippen LogP contribution in [0.1, 0.15) is 6.92 Å². The minimum absolute atomic E-state index is 0.441. The van der Waals surface area contributed by atoms with Gasteiger partial charge in [-0.05, 0) is 25.1 Å². The molecule has 0 aliphatic carbocycles. The zero-order valence-electron chi connectivity index (χ0n) is 11.6. The summed E-state index contributed by atoms with van der Waals surface area (Å²) in [6.07, 6.45) is 2.52. The van der Waals surface area contributed by atoms with Crippen molar-refractivity contribution in [2.75, 3.05) is 18.0 Å². The fourth-order valence-corrected chi connectivity index (χ4v) is 2.18. The zero-order chi connectivity index (χ0) is 14.4. The Balaban J connectivity index is 2.00. The van der Waals surface area contributed by atoms with Gasteiger partial charge in [0.25, 0.3) is 0 Å². The first-order valence-electron chi connectivity index (χ1n) is 6.78. The van der Waals surface area contributed by atoms with Gasteiger partial charge in [-0.1, -0.05) is 18.2 Å². The van der Waals surface area contributed by atoms with E-state index in [0.717, 1.165) is 5.69 Å². The van der Waals surface area contributed by atoms with Crippen molar-refractivity contribution in [1.82, 2.24) is 9.78 Å². The Morgan fingerprint density at radius 1 is 1.15 bits per heavy atom. The number of anilines is 1. The van der Waals surface area contributed by atoms with Gasteiger partial charge in [0.2, 0.25) is 0 Å². The Kier molecular flexibility index (Phi) is 5.15. The lowest BCUT2D eigenvalue weighted by atomic mass is 10.2. The summed E-state index contributed by atoms with van der Waals surface area (Å²) in [5.41, 5.74) is 0.993. The van der Waals surface area contributed by atoms with Crippen LogP contribution < -0.4 is 4.90 Å². The Bertz CT molecular complexity index is 485. The van der Waals surface area contributed by atoms with Gasteiger partial charge >= 0.3 is 0 Å². The molecule has 5 heteroatoms. The minimum Gasteiger partial charge on any atom is -0.392 e. The molecule has 0 aliphatic heterocycles. The monoisotopic (exact) mass is 275 g/mol. The fourth-order valence-electron chi connectivity index (χ4n) is 2.18. The molecule has 5 nitrogen and oxygen atoms in total. The fraction of sp³-hybridized carbons (Fsp3) is 0.400. The van der Waals surface area contributed by atoms with E-state index >= 15 is 0 Å². The SMILES string of the molecule is C[C@@H](O)CN(C[C@H](O)Cn1cccn1)c1ccccc1. The van der Waals surface area contributed by atoms with Crippen LogP contribution in [0.25, 0.3) is 0 Å². The second kappa shape index (κ2) is 7.07. The Labute approximate surface area is 119 Å². The molecular weight excluding hydrogens is 254 g/mol. The molecule has 108 valence electrons. The quantitative estimate of drug-likeness (QED) is 0.795. The normalized spacial score (nSPS) is 13.9. The maximum atomic E-state index is 10.2. The van der Waals surface area contributed by atoms with Crippen molar-refractivity contribution in [3.63, 3.8) is 0 Å². The molecule has 0 saturated carbocycles. The van der Waals surface area contributed by atoms with Gasteiger partial charge in [-0.25, -0.2) is 0 Å². The molecule has 1 aromatic heterocycles. The molecule has 2 rings (SSSR count). The number of hydrogen-bond donors (Lipinski definition) is 2. The zero-order valence-corrected chi connectivity index (χ0v) is 11.6. The standard InChI is InChI=1S/C15H21N3O2/c1-13(19)10-17(14-6-3-2-4-7-14)11-15(20)12-18-9-5-8-16-18/h2-9,13,15,19-20H,10-12H2,1H3/t13-,15+/m1/s1. The average molecular weight is 275 g/mol. The van der Waals surface area contributed by atoms with Gasteiger partial charge in [-0.15, -0.1) is 0 Å². The third-order valence-corrected chi connectivity index (χ3v) is 2.99. The topological polar surface area (TPSA) is 61.5 Å². The van der Waals surface area contributed by atoms with Crippen molar-refractivity contribution in [3.8, 4) is 0 Å². The van der Waals surface area contributed by atoms with Crippen molar-refractivity contribution >= 4 is 5.69 Å². The summed E-state index contributed by atoms with van der Waals surface area (Å²) in [4.78, 5) is 1.98. The molecule has 1 aromatic carbocycles. The van der Waals surface area contributed by atoms with E-state index < -0.39 is 12.2 Å². The summed E-state index contributed by atoms with van der Waals surface area (Å²) in [6.45, 7) is 3.13. The van der Waals surface area contributed by atoms with Crippen molar-refractivity contribution in [3.05, 3.63) is 48.8 Å². The van der Waals surface area contributed by atoms with E-state index in [9.17, 15) is 10.2 Å². The summed E-state index contributed by atoms with van der Waals surface area (Å²) < 4.78 is 1.70. The lowest BCUT2D eigenvalue weighted by molar-refractivity contribution is 0.146. The highest BCUT2D eigenvalue weighted by Crippen LogP contribution is 2.14. The van der Waals surface area contributed by atoms with E-state index in [4.69, 9.17) is 0 Å². The lowest BCUT2D eigenvalue weighted by Crippen LogP contribution is -2.38. The molecular formula is C15H21N3O2. The molecule has 0 bridgehead atoms. The molecule has 0 radical (unpaired) electrons.